The molecule has 0 aliphatic carbocycles. The molecule has 2 aromatic heterocycles. The summed E-state index contributed by atoms with van der Waals surface area (Å²) in [5.41, 5.74) is 3.41. The summed E-state index contributed by atoms with van der Waals surface area (Å²) in [6, 6.07) is 15.6. The predicted octanol–water partition coefficient (Wildman–Crippen LogP) is 5.14. The van der Waals surface area contributed by atoms with Crippen molar-refractivity contribution in [3.8, 4) is 10.4 Å². The minimum absolute atomic E-state index is 0.0900. The average molecular weight is 468 g/mol. The molecule has 2 aromatic carbocycles. The van der Waals surface area contributed by atoms with E-state index < -0.39 is 0 Å². The highest BCUT2D eigenvalue weighted by molar-refractivity contribution is 9.10. The van der Waals surface area contributed by atoms with Gasteiger partial charge in [0.1, 0.15) is 11.4 Å². The summed E-state index contributed by atoms with van der Waals surface area (Å²) in [6.07, 6.45) is 1.45. The summed E-state index contributed by atoms with van der Waals surface area (Å²) in [5, 5.41) is 3.44. The molecule has 0 fully saturated rings. The van der Waals surface area contributed by atoms with Crippen LogP contribution >= 0.6 is 27.3 Å². The molecule has 1 N–H and O–H groups in total. The van der Waals surface area contributed by atoms with Gasteiger partial charge in [0.15, 0.2) is 0 Å². The van der Waals surface area contributed by atoms with Crippen LogP contribution in [0.2, 0.25) is 0 Å². The van der Waals surface area contributed by atoms with Gasteiger partial charge in [-0.15, -0.1) is 11.3 Å². The van der Waals surface area contributed by atoms with E-state index in [9.17, 15) is 9.59 Å². The molecule has 0 bridgehead atoms. The minimum atomic E-state index is -0.269. The van der Waals surface area contributed by atoms with Crippen molar-refractivity contribution in [2.24, 2.45) is 0 Å². The van der Waals surface area contributed by atoms with E-state index in [1.54, 1.807) is 0 Å². The number of aryl methyl sites for hydroxylation is 2. The van der Waals surface area contributed by atoms with Gasteiger partial charge < -0.3 is 5.32 Å². The molecular weight excluding hydrogens is 450 g/mol. The van der Waals surface area contributed by atoms with Crippen molar-refractivity contribution in [3.05, 3.63) is 80.8 Å². The third-order valence-corrected chi connectivity index (χ3v) is 6.47. The predicted molar refractivity (Wildman–Crippen MR) is 122 cm³/mol. The molecule has 0 aliphatic heterocycles. The molecular formula is C22H18BrN3O2S. The zero-order valence-corrected chi connectivity index (χ0v) is 18.3. The fourth-order valence-electron chi connectivity index (χ4n) is 3.25. The molecule has 29 heavy (non-hydrogen) atoms. The Morgan fingerprint density at radius 3 is 2.66 bits per heavy atom. The van der Waals surface area contributed by atoms with Crippen molar-refractivity contribution in [1.82, 2.24) is 9.55 Å². The number of nitrogens with zero attached hydrogens (tertiary/aromatic N) is 2. The molecule has 146 valence electrons. The van der Waals surface area contributed by atoms with Crippen molar-refractivity contribution in [2.45, 2.75) is 20.4 Å². The Labute approximate surface area is 180 Å². The van der Waals surface area contributed by atoms with Gasteiger partial charge >= 0.3 is 0 Å². The van der Waals surface area contributed by atoms with Gasteiger partial charge in [0.25, 0.3) is 5.56 Å². The van der Waals surface area contributed by atoms with Crippen LogP contribution in [-0.2, 0) is 11.3 Å². The fourth-order valence-corrected chi connectivity index (χ4v) is 4.87. The van der Waals surface area contributed by atoms with Crippen LogP contribution in [-0.4, -0.2) is 15.5 Å². The van der Waals surface area contributed by atoms with Crippen LogP contribution < -0.4 is 10.9 Å². The summed E-state index contributed by atoms with van der Waals surface area (Å²) in [5.74, 6) is -0.269. The molecule has 0 saturated carbocycles. The number of rotatable bonds is 4. The second-order valence-electron chi connectivity index (χ2n) is 6.79. The summed E-state index contributed by atoms with van der Waals surface area (Å²) in [4.78, 5) is 31.7. The van der Waals surface area contributed by atoms with Gasteiger partial charge in [-0.2, -0.15) is 0 Å². The Morgan fingerprint density at radius 2 is 1.93 bits per heavy atom. The van der Waals surface area contributed by atoms with E-state index >= 15 is 0 Å². The summed E-state index contributed by atoms with van der Waals surface area (Å²) in [7, 11) is 0. The zero-order valence-electron chi connectivity index (χ0n) is 15.9. The first-order valence-corrected chi connectivity index (χ1v) is 10.6. The molecule has 0 spiro atoms. The largest absolute Gasteiger partial charge is 0.324 e. The number of nitrogens with one attached hydrogen (secondary N) is 1. The van der Waals surface area contributed by atoms with E-state index in [1.165, 1.54) is 22.2 Å². The zero-order chi connectivity index (χ0) is 20.5. The molecule has 7 heteroatoms. The second-order valence-corrected chi connectivity index (χ2v) is 8.70. The van der Waals surface area contributed by atoms with Crippen LogP contribution in [0.15, 0.2) is 64.1 Å². The van der Waals surface area contributed by atoms with Gasteiger partial charge in [0.05, 0.1) is 11.7 Å². The standard InChI is InChI=1S/C22H18BrN3O2S/c1-13-10-16(23)8-9-17(13)25-18(27)11-26-12-24-21-19(22(26)28)14(2)20(29-21)15-6-4-3-5-7-15/h3-10,12H,11H2,1-2H3,(H,25,27). The molecule has 1 amide bonds. The maximum absolute atomic E-state index is 13.0. The fraction of sp³-hybridized carbons (Fsp3) is 0.136. The van der Waals surface area contributed by atoms with Crippen LogP contribution in [0, 0.1) is 13.8 Å². The molecule has 0 saturated heterocycles. The Kier molecular flexibility index (Phi) is 5.34. The highest BCUT2D eigenvalue weighted by Crippen LogP contribution is 2.35. The number of amides is 1. The average Bonchev–Trinajstić information content (AvgIpc) is 3.04. The minimum Gasteiger partial charge on any atom is -0.324 e. The number of fused-ring (bicyclic) bond motifs is 1. The maximum atomic E-state index is 13.0. The summed E-state index contributed by atoms with van der Waals surface area (Å²) in [6.45, 7) is 3.76. The molecule has 0 atom stereocenters. The number of thiophene rings is 1. The lowest BCUT2D eigenvalue weighted by molar-refractivity contribution is -0.116. The number of benzene rings is 2. The van der Waals surface area contributed by atoms with Crippen LogP contribution in [0.4, 0.5) is 5.69 Å². The van der Waals surface area contributed by atoms with Crippen molar-refractivity contribution in [3.63, 3.8) is 0 Å². The number of carbonyl (C=O) groups excluding carboxylic acids is 1. The van der Waals surface area contributed by atoms with Gasteiger partial charge in [0.2, 0.25) is 5.91 Å². The number of anilines is 1. The van der Waals surface area contributed by atoms with Gasteiger partial charge in [-0.3, -0.25) is 14.2 Å². The number of aromatic nitrogens is 2. The SMILES string of the molecule is Cc1cc(Br)ccc1NC(=O)Cn1cnc2sc(-c3ccccc3)c(C)c2c1=O. The van der Waals surface area contributed by atoms with Crippen LogP contribution in [0.25, 0.3) is 20.7 Å². The Bertz CT molecular complexity index is 1280. The number of carbonyl (C=O) groups is 1. The van der Waals surface area contributed by atoms with Crippen LogP contribution in [0.5, 0.6) is 0 Å². The lowest BCUT2D eigenvalue weighted by Gasteiger charge is -2.10. The van der Waals surface area contributed by atoms with Crippen molar-refractivity contribution >= 4 is 49.1 Å². The molecule has 0 unspecified atom stereocenters. The number of hydrogen-bond donors (Lipinski definition) is 1. The molecule has 2 heterocycles. The smallest absolute Gasteiger partial charge is 0.262 e. The topological polar surface area (TPSA) is 64.0 Å². The molecule has 5 nitrogen and oxygen atoms in total. The Balaban J connectivity index is 1.65. The van der Waals surface area contributed by atoms with Crippen molar-refractivity contribution < 1.29 is 4.79 Å². The van der Waals surface area contributed by atoms with Gasteiger partial charge in [-0.05, 0) is 48.7 Å². The highest BCUT2D eigenvalue weighted by Gasteiger charge is 2.17. The van der Waals surface area contributed by atoms with Gasteiger partial charge in [-0.1, -0.05) is 46.3 Å². The number of halogens is 1. The van der Waals surface area contributed by atoms with E-state index in [-0.39, 0.29) is 18.0 Å². The molecule has 4 rings (SSSR count). The van der Waals surface area contributed by atoms with Crippen molar-refractivity contribution in [2.75, 3.05) is 5.32 Å². The lowest BCUT2D eigenvalue weighted by atomic mass is 10.1. The maximum Gasteiger partial charge on any atom is 0.262 e. The summed E-state index contributed by atoms with van der Waals surface area (Å²) < 4.78 is 2.31. The van der Waals surface area contributed by atoms with Crippen LogP contribution in [0.3, 0.4) is 0 Å². The lowest BCUT2D eigenvalue weighted by Crippen LogP contribution is -2.28. The first-order chi connectivity index (χ1) is 13.9. The van der Waals surface area contributed by atoms with Gasteiger partial charge in [0, 0.05) is 15.0 Å². The third kappa shape index (κ3) is 3.88. The van der Waals surface area contributed by atoms with E-state index in [0.717, 1.165) is 31.7 Å². The first kappa shape index (κ1) is 19.5. The quantitative estimate of drug-likeness (QED) is 0.451. The van der Waals surface area contributed by atoms with E-state index in [0.29, 0.717) is 10.2 Å². The van der Waals surface area contributed by atoms with Crippen LogP contribution in [0.1, 0.15) is 11.1 Å². The highest BCUT2D eigenvalue weighted by atomic mass is 79.9. The van der Waals surface area contributed by atoms with E-state index in [1.807, 2.05) is 62.4 Å². The molecule has 0 aliphatic rings. The first-order valence-electron chi connectivity index (χ1n) is 9.04. The number of hydrogen-bond acceptors (Lipinski definition) is 4. The summed E-state index contributed by atoms with van der Waals surface area (Å²) >= 11 is 4.90. The molecule has 4 aromatic rings. The Morgan fingerprint density at radius 1 is 1.17 bits per heavy atom. The molecule has 0 radical (unpaired) electrons. The normalized spacial score (nSPS) is 11.0. The third-order valence-electron chi connectivity index (χ3n) is 4.73. The van der Waals surface area contributed by atoms with Gasteiger partial charge in [-0.25, -0.2) is 4.98 Å². The monoisotopic (exact) mass is 467 g/mol. The van der Waals surface area contributed by atoms with Crippen molar-refractivity contribution in [1.29, 1.82) is 0 Å². The second kappa shape index (κ2) is 7.93. The van der Waals surface area contributed by atoms with E-state index in [4.69, 9.17) is 0 Å². The Hall–Kier alpha value is -2.77. The van der Waals surface area contributed by atoms with E-state index in [2.05, 4.69) is 26.2 Å².